The molecule has 4 rings (SSSR count). The molecule has 1 aromatic heterocycles. The average molecular weight is 434 g/mol. The summed E-state index contributed by atoms with van der Waals surface area (Å²) in [7, 11) is -3.26. The summed E-state index contributed by atoms with van der Waals surface area (Å²) in [5.74, 6) is 0. The van der Waals surface area contributed by atoms with E-state index in [0.717, 1.165) is 11.4 Å². The molecule has 2 aromatic carbocycles. The first kappa shape index (κ1) is 18.9. The van der Waals surface area contributed by atoms with E-state index in [1.54, 1.807) is 41.6 Å². The van der Waals surface area contributed by atoms with Gasteiger partial charge in [0.25, 0.3) is 0 Å². The summed E-state index contributed by atoms with van der Waals surface area (Å²) in [5, 5.41) is 5.14. The zero-order valence-electron chi connectivity index (χ0n) is 14.7. The van der Waals surface area contributed by atoms with E-state index in [1.807, 2.05) is 18.2 Å². The summed E-state index contributed by atoms with van der Waals surface area (Å²) < 4.78 is 23.3. The van der Waals surface area contributed by atoms with Crippen LogP contribution in [0, 0.1) is 0 Å². The molecule has 1 aliphatic heterocycles. The van der Waals surface area contributed by atoms with Crippen LogP contribution < -0.4 is 16.0 Å². The molecule has 1 atom stereocenters. The third-order valence-electron chi connectivity index (χ3n) is 4.19. The highest BCUT2D eigenvalue weighted by atomic mass is 35.5. The molecule has 28 heavy (non-hydrogen) atoms. The molecule has 1 aliphatic rings. The van der Waals surface area contributed by atoms with Crippen molar-refractivity contribution in [1.82, 2.24) is 4.98 Å². The minimum Gasteiger partial charge on any atom is -0.330 e. The summed E-state index contributed by atoms with van der Waals surface area (Å²) in [5.41, 5.74) is 8.50. The number of aromatic nitrogens is 1. The van der Waals surface area contributed by atoms with Gasteiger partial charge in [-0.3, -0.25) is 0 Å². The molecule has 144 valence electrons. The van der Waals surface area contributed by atoms with Crippen molar-refractivity contribution in [3.05, 3.63) is 59.2 Å². The van der Waals surface area contributed by atoms with E-state index in [1.165, 1.54) is 17.6 Å². The predicted octanol–water partition coefficient (Wildman–Crippen LogP) is 4.08. The lowest BCUT2D eigenvalue weighted by Gasteiger charge is -2.28. The van der Waals surface area contributed by atoms with Gasteiger partial charge in [-0.25, -0.2) is 18.4 Å². The smallest absolute Gasteiger partial charge is 0.189 e. The van der Waals surface area contributed by atoms with Crippen molar-refractivity contribution in [2.24, 2.45) is 10.7 Å². The van der Waals surface area contributed by atoms with E-state index < -0.39 is 16.0 Å². The lowest BCUT2D eigenvalue weighted by Crippen LogP contribution is -2.35. The first-order valence-electron chi connectivity index (χ1n) is 8.23. The van der Waals surface area contributed by atoms with E-state index in [4.69, 9.17) is 17.3 Å². The monoisotopic (exact) mass is 433 g/mol. The molecule has 0 saturated carbocycles. The number of hydrogen-bond acceptors (Lipinski definition) is 8. The SMILES string of the molecule is CS(=O)(=O)c1ccc(N2C=Nc3sc(Nc4ccccc4Cl)nc3C2N)cc1. The Labute approximate surface area is 171 Å². The molecule has 10 heteroatoms. The van der Waals surface area contributed by atoms with Gasteiger partial charge in [0.05, 0.1) is 21.9 Å². The third kappa shape index (κ3) is 3.61. The lowest BCUT2D eigenvalue weighted by molar-refractivity contribution is 0.602. The highest BCUT2D eigenvalue weighted by molar-refractivity contribution is 7.90. The van der Waals surface area contributed by atoms with Crippen LogP contribution in [0.5, 0.6) is 0 Å². The van der Waals surface area contributed by atoms with Gasteiger partial charge in [-0.2, -0.15) is 0 Å². The van der Waals surface area contributed by atoms with Crippen molar-refractivity contribution >= 4 is 60.6 Å². The Bertz CT molecular complexity index is 1160. The van der Waals surface area contributed by atoms with E-state index in [0.29, 0.717) is 20.8 Å². The van der Waals surface area contributed by atoms with Crippen LogP contribution in [0.2, 0.25) is 5.02 Å². The van der Waals surface area contributed by atoms with E-state index in [9.17, 15) is 8.42 Å². The number of nitrogens with two attached hydrogens (primary N) is 1. The highest BCUT2D eigenvalue weighted by Gasteiger charge is 2.27. The minimum absolute atomic E-state index is 0.249. The highest BCUT2D eigenvalue weighted by Crippen LogP contribution is 2.40. The number of para-hydroxylation sites is 1. The Morgan fingerprint density at radius 3 is 2.57 bits per heavy atom. The number of thiazole rings is 1. The number of fused-ring (bicyclic) bond motifs is 1. The van der Waals surface area contributed by atoms with Crippen molar-refractivity contribution in [1.29, 1.82) is 0 Å². The van der Waals surface area contributed by atoms with Crippen LogP contribution in [0.3, 0.4) is 0 Å². The molecular weight excluding hydrogens is 418 g/mol. The molecule has 0 amide bonds. The molecule has 0 saturated heterocycles. The van der Waals surface area contributed by atoms with Crippen LogP contribution >= 0.6 is 22.9 Å². The average Bonchev–Trinajstić information content (AvgIpc) is 3.07. The van der Waals surface area contributed by atoms with E-state index in [2.05, 4.69) is 15.3 Å². The first-order valence-corrected chi connectivity index (χ1v) is 11.3. The zero-order valence-corrected chi connectivity index (χ0v) is 17.1. The van der Waals surface area contributed by atoms with Crippen LogP contribution in [0.1, 0.15) is 11.9 Å². The molecule has 3 aromatic rings. The summed E-state index contributed by atoms with van der Waals surface area (Å²) in [6, 6.07) is 13.9. The lowest BCUT2D eigenvalue weighted by atomic mass is 10.2. The zero-order chi connectivity index (χ0) is 19.9. The molecule has 1 unspecified atom stereocenters. The van der Waals surface area contributed by atoms with Gasteiger partial charge in [-0.1, -0.05) is 35.1 Å². The van der Waals surface area contributed by atoms with Gasteiger partial charge in [0.1, 0.15) is 16.9 Å². The van der Waals surface area contributed by atoms with Crippen molar-refractivity contribution in [2.75, 3.05) is 16.5 Å². The second-order valence-electron chi connectivity index (χ2n) is 6.18. The van der Waals surface area contributed by atoms with Crippen molar-refractivity contribution in [3.63, 3.8) is 0 Å². The Morgan fingerprint density at radius 2 is 1.89 bits per heavy atom. The minimum atomic E-state index is -3.26. The first-order chi connectivity index (χ1) is 13.3. The number of nitrogens with one attached hydrogen (secondary N) is 1. The van der Waals surface area contributed by atoms with Crippen LogP contribution in [-0.4, -0.2) is 26.0 Å². The molecule has 2 heterocycles. The van der Waals surface area contributed by atoms with Gasteiger partial charge >= 0.3 is 0 Å². The second-order valence-corrected chi connectivity index (χ2v) is 9.58. The Hall–Kier alpha value is -2.46. The molecule has 7 nitrogen and oxygen atoms in total. The van der Waals surface area contributed by atoms with Gasteiger partial charge < -0.3 is 16.0 Å². The number of halogens is 1. The van der Waals surface area contributed by atoms with Crippen molar-refractivity contribution < 1.29 is 8.42 Å². The Morgan fingerprint density at radius 1 is 1.18 bits per heavy atom. The number of rotatable bonds is 4. The van der Waals surface area contributed by atoms with Gasteiger partial charge in [-0.05, 0) is 36.4 Å². The summed E-state index contributed by atoms with van der Waals surface area (Å²) >= 11 is 7.57. The van der Waals surface area contributed by atoms with Crippen LogP contribution in [0.15, 0.2) is 58.4 Å². The Balaban J connectivity index is 1.59. The van der Waals surface area contributed by atoms with Gasteiger partial charge in [0.15, 0.2) is 15.0 Å². The molecule has 0 aliphatic carbocycles. The molecular formula is C18H16ClN5O2S2. The summed E-state index contributed by atoms with van der Waals surface area (Å²) in [6.45, 7) is 0. The quantitative estimate of drug-likeness (QED) is 0.642. The fourth-order valence-corrected chi connectivity index (χ4v) is 4.42. The Kier molecular flexibility index (Phi) is 4.84. The number of aliphatic imine (C=N–C) groups is 1. The standard InChI is InChI=1S/C18H16ClN5O2S2/c1-28(25,26)12-8-6-11(7-9-12)24-10-21-17-15(16(24)20)23-18(27-17)22-14-5-3-2-4-13(14)19/h2-10,16H,20H2,1H3,(H,22,23). The molecule has 0 radical (unpaired) electrons. The largest absolute Gasteiger partial charge is 0.330 e. The second kappa shape index (κ2) is 7.17. The fraction of sp³-hybridized carbons (Fsp3) is 0.111. The van der Waals surface area contributed by atoms with E-state index >= 15 is 0 Å². The van der Waals surface area contributed by atoms with Crippen LogP contribution in [0.4, 0.5) is 21.5 Å². The predicted molar refractivity (Wildman–Crippen MR) is 114 cm³/mol. The molecule has 0 spiro atoms. The molecule has 0 bridgehead atoms. The molecule has 0 fully saturated rings. The van der Waals surface area contributed by atoms with Gasteiger partial charge in [0, 0.05) is 11.9 Å². The maximum atomic E-state index is 11.6. The number of benzene rings is 2. The third-order valence-corrected chi connectivity index (χ3v) is 6.54. The van der Waals surface area contributed by atoms with E-state index in [-0.39, 0.29) is 4.90 Å². The van der Waals surface area contributed by atoms with Gasteiger partial charge in [-0.15, -0.1) is 0 Å². The maximum absolute atomic E-state index is 11.6. The van der Waals surface area contributed by atoms with Gasteiger partial charge in [0.2, 0.25) is 0 Å². The fourth-order valence-electron chi connectivity index (χ4n) is 2.75. The van der Waals surface area contributed by atoms with Crippen molar-refractivity contribution in [2.45, 2.75) is 11.1 Å². The maximum Gasteiger partial charge on any atom is 0.189 e. The summed E-state index contributed by atoms with van der Waals surface area (Å²) in [4.78, 5) is 11.0. The number of anilines is 3. The topological polar surface area (TPSA) is 101 Å². The van der Waals surface area contributed by atoms with Crippen LogP contribution in [0.25, 0.3) is 0 Å². The number of hydrogen-bond donors (Lipinski definition) is 2. The van der Waals surface area contributed by atoms with Crippen LogP contribution in [-0.2, 0) is 9.84 Å². The number of sulfone groups is 1. The normalized spacial score (nSPS) is 16.1. The summed E-state index contributed by atoms with van der Waals surface area (Å²) in [6.07, 6.45) is 2.25. The molecule has 3 N–H and O–H groups in total. The van der Waals surface area contributed by atoms with Crippen molar-refractivity contribution in [3.8, 4) is 0 Å². The number of nitrogens with zero attached hydrogens (tertiary/aromatic N) is 3.